The van der Waals surface area contributed by atoms with Gasteiger partial charge in [0.05, 0.1) is 78.7 Å². The summed E-state index contributed by atoms with van der Waals surface area (Å²) in [6.07, 6.45) is 0.507. The number of aliphatic carboxylic acids is 1. The monoisotopic (exact) mass is 915 g/mol. The average Bonchev–Trinajstić information content (AvgIpc) is 3.92. The molecule has 7 aliphatic heterocycles. The lowest BCUT2D eigenvalue weighted by molar-refractivity contribution is -0.377. The van der Waals surface area contributed by atoms with Crippen molar-refractivity contribution in [2.75, 3.05) is 28.4 Å². The molecule has 0 amide bonds. The van der Waals surface area contributed by atoms with Crippen LogP contribution >= 0.6 is 0 Å². The number of hydrogen-bond acceptors (Lipinski definition) is 15. The van der Waals surface area contributed by atoms with Crippen molar-refractivity contribution in [1.29, 1.82) is 0 Å². The van der Waals surface area contributed by atoms with Crippen LogP contribution in [0, 0.1) is 29.6 Å². The molecule has 23 atom stereocenters. The first-order chi connectivity index (χ1) is 29.9. The maximum absolute atomic E-state index is 12.0. The molecule has 3 N–H and O–H groups in total. The van der Waals surface area contributed by atoms with E-state index in [-0.39, 0.29) is 66.7 Å². The predicted molar refractivity (Wildman–Crippen MR) is 231 cm³/mol. The largest absolute Gasteiger partial charge is 0.481 e. The third kappa shape index (κ3) is 9.11. The number of carboxylic acid groups (broad SMARTS) is 1. The quantitative estimate of drug-likeness (QED) is 0.203. The summed E-state index contributed by atoms with van der Waals surface area (Å²) < 4.78 is 79.2. The number of aliphatic hydroxyl groups is 2. The van der Waals surface area contributed by atoms with Crippen molar-refractivity contribution < 1.29 is 77.0 Å². The van der Waals surface area contributed by atoms with Crippen molar-refractivity contribution in [3.05, 3.63) is 0 Å². The maximum atomic E-state index is 12.0. The number of methoxy groups -OCH3 is 4. The summed E-state index contributed by atoms with van der Waals surface area (Å²) in [7, 11) is 6.52. The highest BCUT2D eigenvalue weighted by Crippen LogP contribution is 2.58. The van der Waals surface area contributed by atoms with Gasteiger partial charge in [-0.05, 0) is 72.6 Å². The molecular weight excluding hydrogens is 833 g/mol. The Hall–Kier alpha value is -1.09. The van der Waals surface area contributed by atoms with E-state index in [9.17, 15) is 20.1 Å². The summed E-state index contributed by atoms with van der Waals surface area (Å²) in [6.45, 7) is 20.0. The first-order valence-electron chi connectivity index (χ1n) is 24.1. The molecule has 16 heteroatoms. The fourth-order valence-corrected chi connectivity index (χ4v) is 13.2. The average molecular weight is 915 g/mol. The second kappa shape index (κ2) is 18.7. The molecule has 0 saturated carbocycles. The van der Waals surface area contributed by atoms with Gasteiger partial charge in [0, 0.05) is 77.8 Å². The zero-order valence-corrected chi connectivity index (χ0v) is 41.0. The Labute approximate surface area is 381 Å². The van der Waals surface area contributed by atoms with Gasteiger partial charge in [-0.3, -0.25) is 4.79 Å². The smallest absolute Gasteiger partial charge is 0.308 e. The normalized spacial score (nSPS) is 54.7. The Morgan fingerprint density at radius 1 is 0.719 bits per heavy atom. The Morgan fingerprint density at radius 2 is 1.42 bits per heavy atom. The third-order valence-electron chi connectivity index (χ3n) is 17.2. The Morgan fingerprint density at radius 3 is 2.05 bits per heavy atom. The van der Waals surface area contributed by atoms with Crippen molar-refractivity contribution >= 4 is 5.97 Å². The molecule has 0 aromatic rings. The van der Waals surface area contributed by atoms with E-state index in [1.807, 2.05) is 20.8 Å². The molecule has 0 aromatic heterocycles. The summed E-state index contributed by atoms with van der Waals surface area (Å²) in [5.74, 6) is -6.40. The Balaban J connectivity index is 1.16. The van der Waals surface area contributed by atoms with E-state index >= 15 is 0 Å². The molecule has 0 aromatic carbocycles. The molecule has 0 aliphatic carbocycles. The van der Waals surface area contributed by atoms with Gasteiger partial charge < -0.3 is 72.2 Å². The zero-order valence-electron chi connectivity index (χ0n) is 41.0. The van der Waals surface area contributed by atoms with Crippen LogP contribution in [-0.2, 0) is 61.6 Å². The van der Waals surface area contributed by atoms with Crippen LogP contribution in [0.25, 0.3) is 0 Å². The number of hydrogen-bond donors (Lipinski definition) is 3. The van der Waals surface area contributed by atoms with Gasteiger partial charge in [-0.2, -0.15) is 0 Å². The van der Waals surface area contributed by atoms with Crippen LogP contribution in [0.1, 0.15) is 133 Å². The van der Waals surface area contributed by atoms with E-state index < -0.39 is 89.3 Å². The summed E-state index contributed by atoms with van der Waals surface area (Å²) >= 11 is 0. The van der Waals surface area contributed by atoms with Crippen molar-refractivity contribution in [1.82, 2.24) is 0 Å². The highest BCUT2D eigenvalue weighted by molar-refractivity contribution is 5.68. The van der Waals surface area contributed by atoms with Crippen LogP contribution in [-0.4, -0.2) is 157 Å². The van der Waals surface area contributed by atoms with Gasteiger partial charge in [0.2, 0.25) is 0 Å². The fraction of sp³-hybridized carbons (Fsp3) is 0.979. The zero-order chi connectivity index (χ0) is 46.9. The Bertz CT molecular complexity index is 1620. The highest BCUT2D eigenvalue weighted by atomic mass is 16.7. The number of rotatable bonds is 13. The number of carboxylic acids is 1. The number of ether oxygens (including phenoxy) is 12. The standard InChI is InChI=1S/C48H82O16/c1-25-19-26(2)46(10,51)62-40(25)33-15-17-36(58-33)43(7)23-35(59-39-18-16-32(53-11)30(6)57-39)42(63-43)44(8)22-27(3)48(64-44)28(4)34(54-12)20-31(60-48)21-37-45(9,56-14)41(55-13)29(5)47(52,61-37)24-38(49)50/h25-37,39-42,51-52H,15-24H2,1-14H3,(H,49,50). The van der Waals surface area contributed by atoms with Gasteiger partial charge in [0.1, 0.15) is 11.7 Å². The molecule has 7 saturated heterocycles. The molecule has 16 nitrogen and oxygen atoms in total. The molecule has 0 bridgehead atoms. The van der Waals surface area contributed by atoms with E-state index in [1.165, 1.54) is 7.11 Å². The fourth-order valence-electron chi connectivity index (χ4n) is 13.2. The second-order valence-corrected chi connectivity index (χ2v) is 21.7. The first-order valence-corrected chi connectivity index (χ1v) is 24.1. The van der Waals surface area contributed by atoms with Crippen LogP contribution in [0.3, 0.4) is 0 Å². The van der Waals surface area contributed by atoms with E-state index in [0.717, 1.165) is 25.7 Å². The van der Waals surface area contributed by atoms with E-state index in [1.54, 1.807) is 35.2 Å². The van der Waals surface area contributed by atoms with Crippen molar-refractivity contribution in [2.24, 2.45) is 29.6 Å². The molecule has 23 unspecified atom stereocenters. The topological polar surface area (TPSA) is 189 Å². The molecule has 7 rings (SSSR count). The van der Waals surface area contributed by atoms with E-state index in [2.05, 4.69) is 34.6 Å². The lowest BCUT2D eigenvalue weighted by Crippen LogP contribution is -2.68. The summed E-state index contributed by atoms with van der Waals surface area (Å²) in [4.78, 5) is 12.0. The lowest BCUT2D eigenvalue weighted by Gasteiger charge is -2.56. The summed E-state index contributed by atoms with van der Waals surface area (Å²) in [6, 6.07) is 0. The molecule has 7 heterocycles. The molecule has 1 spiro atoms. The van der Waals surface area contributed by atoms with Crippen LogP contribution in [0.15, 0.2) is 0 Å². The highest BCUT2D eigenvalue weighted by Gasteiger charge is 2.68. The van der Waals surface area contributed by atoms with Crippen LogP contribution in [0.4, 0.5) is 0 Å². The second-order valence-electron chi connectivity index (χ2n) is 21.7. The third-order valence-corrected chi connectivity index (χ3v) is 17.2. The molecule has 64 heavy (non-hydrogen) atoms. The van der Waals surface area contributed by atoms with Gasteiger partial charge in [0.25, 0.3) is 0 Å². The van der Waals surface area contributed by atoms with Gasteiger partial charge in [0.15, 0.2) is 23.7 Å². The molecular formula is C48H82O16. The summed E-state index contributed by atoms with van der Waals surface area (Å²) in [5, 5.41) is 32.7. The predicted octanol–water partition coefficient (Wildman–Crippen LogP) is 5.74. The molecule has 7 aliphatic rings. The first kappa shape index (κ1) is 50.8. The molecule has 7 fully saturated rings. The van der Waals surface area contributed by atoms with Crippen LogP contribution < -0.4 is 0 Å². The minimum absolute atomic E-state index is 0.0131. The van der Waals surface area contributed by atoms with Crippen molar-refractivity contribution in [2.45, 2.75) is 241 Å². The van der Waals surface area contributed by atoms with Crippen molar-refractivity contribution in [3.8, 4) is 0 Å². The SMILES string of the molecule is COC1CCC(OC2CC(C)(C3CCC(C4OC(C)(O)C(C)CC4C)O3)OC2C2(C)CC(C)C3(OC(CC4OC(O)(CC(=O)O)C(C)C(OC)C4(C)OC)CC(OC)C3C)O2)OC1C. The lowest BCUT2D eigenvalue weighted by atomic mass is 9.73. The molecule has 0 radical (unpaired) electrons. The van der Waals surface area contributed by atoms with Gasteiger partial charge in [-0.1, -0.05) is 34.6 Å². The number of carbonyl (C=O) groups is 1. The summed E-state index contributed by atoms with van der Waals surface area (Å²) in [5.41, 5.74) is -2.72. The Kier molecular flexibility index (Phi) is 14.8. The van der Waals surface area contributed by atoms with Crippen LogP contribution in [0.2, 0.25) is 0 Å². The van der Waals surface area contributed by atoms with E-state index in [0.29, 0.717) is 25.7 Å². The molecule has 370 valence electrons. The minimum atomic E-state index is -2.01. The van der Waals surface area contributed by atoms with Gasteiger partial charge in [-0.15, -0.1) is 0 Å². The van der Waals surface area contributed by atoms with Gasteiger partial charge >= 0.3 is 5.97 Å². The van der Waals surface area contributed by atoms with Crippen LogP contribution in [0.5, 0.6) is 0 Å². The minimum Gasteiger partial charge on any atom is -0.481 e. The van der Waals surface area contributed by atoms with E-state index in [4.69, 9.17) is 56.8 Å². The van der Waals surface area contributed by atoms with Gasteiger partial charge in [-0.25, -0.2) is 0 Å². The maximum Gasteiger partial charge on any atom is 0.308 e. The van der Waals surface area contributed by atoms with Crippen molar-refractivity contribution in [3.63, 3.8) is 0 Å².